The number of carbonyl (C=O) groups is 1. The summed E-state index contributed by atoms with van der Waals surface area (Å²) in [4.78, 5) is 11.7. The minimum Gasteiger partial charge on any atom is -0.423 e. The van der Waals surface area contributed by atoms with E-state index in [0.717, 1.165) is 5.56 Å². The highest BCUT2D eigenvalue weighted by molar-refractivity contribution is 5.95. The molecule has 1 amide bonds. The van der Waals surface area contributed by atoms with Crippen LogP contribution in [0.25, 0.3) is 11.5 Å². The first-order valence-electron chi connectivity index (χ1n) is 5.63. The Balaban J connectivity index is 2.16. The van der Waals surface area contributed by atoms with E-state index in [0.29, 0.717) is 18.0 Å². The van der Waals surface area contributed by atoms with Crippen molar-refractivity contribution in [1.29, 1.82) is 0 Å². The van der Waals surface area contributed by atoms with Crippen LogP contribution >= 0.6 is 0 Å². The first kappa shape index (κ1) is 12.3. The van der Waals surface area contributed by atoms with Gasteiger partial charge in [0.15, 0.2) is 0 Å². The van der Waals surface area contributed by atoms with Gasteiger partial charge in [-0.1, -0.05) is 13.0 Å². The van der Waals surface area contributed by atoms with E-state index in [1.54, 1.807) is 18.2 Å². The van der Waals surface area contributed by atoms with Gasteiger partial charge < -0.3 is 15.5 Å². The van der Waals surface area contributed by atoms with Crippen molar-refractivity contribution in [2.75, 3.05) is 5.32 Å². The number of nitrogens with zero attached hydrogens (tertiary/aromatic N) is 2. The minimum atomic E-state index is -0.503. The number of anilines is 1. The van der Waals surface area contributed by atoms with E-state index in [9.17, 15) is 4.79 Å². The molecule has 1 aromatic heterocycles. The van der Waals surface area contributed by atoms with Gasteiger partial charge in [-0.05, 0) is 24.6 Å². The maximum absolute atomic E-state index is 11.7. The summed E-state index contributed by atoms with van der Waals surface area (Å²) in [5.41, 5.74) is 7.04. The molecule has 1 heterocycles. The predicted molar refractivity (Wildman–Crippen MR) is 66.6 cm³/mol. The summed E-state index contributed by atoms with van der Waals surface area (Å²) in [5.74, 6) is 0.200. The average molecular weight is 246 g/mol. The Morgan fingerprint density at radius 2 is 2.39 bits per heavy atom. The highest BCUT2D eigenvalue weighted by Crippen LogP contribution is 2.20. The quantitative estimate of drug-likeness (QED) is 0.850. The maximum atomic E-state index is 11.7. The number of hydrogen-bond acceptors (Lipinski definition) is 5. The molecule has 2 rings (SSSR count). The molecule has 0 radical (unpaired) electrons. The molecule has 0 spiro atoms. The fourth-order valence-electron chi connectivity index (χ4n) is 1.45. The van der Waals surface area contributed by atoms with Gasteiger partial charge in [-0.15, -0.1) is 10.2 Å². The third-order valence-electron chi connectivity index (χ3n) is 2.51. The van der Waals surface area contributed by atoms with Gasteiger partial charge in [-0.3, -0.25) is 4.79 Å². The Kier molecular flexibility index (Phi) is 3.69. The molecule has 3 N–H and O–H groups in total. The Hall–Kier alpha value is -2.21. The second kappa shape index (κ2) is 5.42. The van der Waals surface area contributed by atoms with Crippen LogP contribution in [0.3, 0.4) is 0 Å². The van der Waals surface area contributed by atoms with Crippen LogP contribution in [0.15, 0.2) is 35.1 Å². The third kappa shape index (κ3) is 2.72. The monoisotopic (exact) mass is 246 g/mol. The van der Waals surface area contributed by atoms with Gasteiger partial charge in [0.05, 0.1) is 6.04 Å². The predicted octanol–water partition coefficient (Wildman–Crippen LogP) is 1.41. The number of aromatic nitrogens is 2. The SMILES string of the molecule is CC[C@@H](N)C(=O)Nc1cccc(-c2nnco2)c1. The lowest BCUT2D eigenvalue weighted by Gasteiger charge is -2.10. The van der Waals surface area contributed by atoms with Crippen molar-refractivity contribution < 1.29 is 9.21 Å². The van der Waals surface area contributed by atoms with Crippen molar-refractivity contribution in [3.8, 4) is 11.5 Å². The first-order valence-corrected chi connectivity index (χ1v) is 5.63. The lowest BCUT2D eigenvalue weighted by molar-refractivity contribution is -0.117. The molecule has 6 heteroatoms. The van der Waals surface area contributed by atoms with Crippen molar-refractivity contribution in [1.82, 2.24) is 10.2 Å². The van der Waals surface area contributed by atoms with Crippen LogP contribution in [0.4, 0.5) is 5.69 Å². The zero-order valence-corrected chi connectivity index (χ0v) is 9.96. The summed E-state index contributed by atoms with van der Waals surface area (Å²) in [6.45, 7) is 1.86. The molecule has 0 fully saturated rings. The number of hydrogen-bond donors (Lipinski definition) is 2. The largest absolute Gasteiger partial charge is 0.423 e. The molecule has 0 aliphatic rings. The molecule has 94 valence electrons. The minimum absolute atomic E-state index is 0.208. The molecule has 1 atom stereocenters. The van der Waals surface area contributed by atoms with E-state index in [4.69, 9.17) is 10.2 Å². The number of nitrogens with two attached hydrogens (primary N) is 1. The lowest BCUT2D eigenvalue weighted by Crippen LogP contribution is -2.34. The van der Waals surface area contributed by atoms with Gasteiger partial charge in [-0.2, -0.15) is 0 Å². The van der Waals surface area contributed by atoms with Crippen LogP contribution in [0.2, 0.25) is 0 Å². The molecule has 1 aromatic carbocycles. The Bertz CT molecular complexity index is 525. The van der Waals surface area contributed by atoms with Crippen molar-refractivity contribution in [3.05, 3.63) is 30.7 Å². The molecular formula is C12H14N4O2. The fraction of sp³-hybridized carbons (Fsp3) is 0.250. The van der Waals surface area contributed by atoms with Crippen LogP contribution < -0.4 is 11.1 Å². The van der Waals surface area contributed by atoms with Gasteiger partial charge in [0.2, 0.25) is 18.2 Å². The van der Waals surface area contributed by atoms with Crippen LogP contribution in [0, 0.1) is 0 Å². The van der Waals surface area contributed by atoms with E-state index in [1.165, 1.54) is 6.39 Å². The summed E-state index contributed by atoms with van der Waals surface area (Å²) < 4.78 is 5.09. The highest BCUT2D eigenvalue weighted by atomic mass is 16.4. The van der Waals surface area contributed by atoms with E-state index in [1.807, 2.05) is 13.0 Å². The highest BCUT2D eigenvalue weighted by Gasteiger charge is 2.11. The van der Waals surface area contributed by atoms with Gasteiger partial charge in [0, 0.05) is 11.3 Å². The van der Waals surface area contributed by atoms with Crippen molar-refractivity contribution in [2.45, 2.75) is 19.4 Å². The second-order valence-electron chi connectivity index (χ2n) is 3.83. The molecule has 0 saturated carbocycles. The first-order chi connectivity index (χ1) is 8.70. The van der Waals surface area contributed by atoms with Crippen LogP contribution in [-0.2, 0) is 4.79 Å². The Morgan fingerprint density at radius 1 is 1.56 bits per heavy atom. The van der Waals surface area contributed by atoms with Crippen molar-refractivity contribution in [3.63, 3.8) is 0 Å². The van der Waals surface area contributed by atoms with Gasteiger partial charge in [0.25, 0.3) is 0 Å². The summed E-state index contributed by atoms with van der Waals surface area (Å²) >= 11 is 0. The number of nitrogens with one attached hydrogen (secondary N) is 1. The zero-order valence-electron chi connectivity index (χ0n) is 9.96. The lowest BCUT2D eigenvalue weighted by atomic mass is 10.2. The van der Waals surface area contributed by atoms with E-state index in [-0.39, 0.29) is 5.91 Å². The summed E-state index contributed by atoms with van der Waals surface area (Å²) in [5, 5.41) is 10.2. The topological polar surface area (TPSA) is 94.0 Å². The average Bonchev–Trinajstić information content (AvgIpc) is 2.92. The Morgan fingerprint density at radius 3 is 3.06 bits per heavy atom. The standard InChI is InChI=1S/C12H14N4O2/c1-2-10(13)11(17)15-9-5-3-4-8(6-9)12-16-14-7-18-12/h3-7,10H,2,13H2,1H3,(H,15,17)/t10-/m1/s1. The number of amides is 1. The molecule has 18 heavy (non-hydrogen) atoms. The second-order valence-corrected chi connectivity index (χ2v) is 3.83. The Labute approximate surface area is 104 Å². The van der Waals surface area contributed by atoms with Crippen LogP contribution in [-0.4, -0.2) is 22.1 Å². The summed E-state index contributed by atoms with van der Waals surface area (Å²) in [7, 11) is 0. The van der Waals surface area contributed by atoms with Crippen molar-refractivity contribution >= 4 is 11.6 Å². The maximum Gasteiger partial charge on any atom is 0.247 e. The zero-order chi connectivity index (χ0) is 13.0. The van der Waals surface area contributed by atoms with E-state index in [2.05, 4.69) is 15.5 Å². The van der Waals surface area contributed by atoms with E-state index < -0.39 is 6.04 Å². The van der Waals surface area contributed by atoms with E-state index >= 15 is 0 Å². The third-order valence-corrected chi connectivity index (χ3v) is 2.51. The van der Waals surface area contributed by atoms with Gasteiger partial charge in [-0.25, -0.2) is 0 Å². The molecule has 0 saturated heterocycles. The smallest absolute Gasteiger partial charge is 0.247 e. The van der Waals surface area contributed by atoms with Crippen molar-refractivity contribution in [2.24, 2.45) is 5.73 Å². The molecular weight excluding hydrogens is 232 g/mol. The molecule has 0 unspecified atom stereocenters. The van der Waals surface area contributed by atoms with Crippen LogP contribution in [0.5, 0.6) is 0 Å². The molecule has 6 nitrogen and oxygen atoms in total. The molecule has 0 bridgehead atoms. The molecule has 0 aliphatic carbocycles. The number of carbonyl (C=O) groups excluding carboxylic acids is 1. The molecule has 2 aromatic rings. The molecule has 0 aliphatic heterocycles. The van der Waals surface area contributed by atoms with Gasteiger partial charge in [0.1, 0.15) is 0 Å². The normalized spacial score (nSPS) is 12.1. The number of benzene rings is 1. The summed E-state index contributed by atoms with van der Waals surface area (Å²) in [6, 6.07) is 6.65. The summed E-state index contributed by atoms with van der Waals surface area (Å²) in [6.07, 6.45) is 1.85. The van der Waals surface area contributed by atoms with Crippen LogP contribution in [0.1, 0.15) is 13.3 Å². The fourth-order valence-corrected chi connectivity index (χ4v) is 1.45. The number of rotatable bonds is 4. The van der Waals surface area contributed by atoms with Gasteiger partial charge >= 0.3 is 0 Å².